The van der Waals surface area contributed by atoms with Gasteiger partial charge >= 0.3 is 0 Å². The summed E-state index contributed by atoms with van der Waals surface area (Å²) in [4.78, 5) is 0. The van der Waals surface area contributed by atoms with E-state index in [0.717, 1.165) is 19.4 Å². The maximum atomic E-state index is 8.69. The molecule has 1 unspecified atom stereocenters. The van der Waals surface area contributed by atoms with Gasteiger partial charge in [-0.05, 0) is 26.3 Å². The molecule has 0 rings (SSSR count). The van der Waals surface area contributed by atoms with Crippen molar-refractivity contribution in [3.8, 4) is 6.07 Å². The number of nitrogens with one attached hydrogen (secondary N) is 1. The molecule has 0 saturated carbocycles. The molecular weight excluding hydrogens is 197 g/mol. The molecule has 3 N–H and O–H groups in total. The predicted octanol–water partition coefficient (Wildman–Crippen LogP) is 1.84. The number of hydrogen-bond donors (Lipinski definition) is 2. The van der Waals surface area contributed by atoms with Gasteiger partial charge in [0.15, 0.2) is 6.71 Å². The second-order valence-corrected chi connectivity index (χ2v) is 4.94. The summed E-state index contributed by atoms with van der Waals surface area (Å²) in [5, 5.41) is 12.0. The van der Waals surface area contributed by atoms with Crippen LogP contribution in [-0.4, -0.2) is 25.3 Å². The SMILES string of the molecule is C=C(CCCNC(C)(CN)CC#N)B(C)C. The lowest BCUT2D eigenvalue weighted by atomic mass is 9.48. The molecule has 0 aromatic heterocycles. The molecule has 0 amide bonds. The maximum Gasteiger partial charge on any atom is 0.163 e. The average Bonchev–Trinajstić information content (AvgIpc) is 2.24. The van der Waals surface area contributed by atoms with Crippen molar-refractivity contribution >= 4 is 6.71 Å². The van der Waals surface area contributed by atoms with Gasteiger partial charge in [0.2, 0.25) is 0 Å². The Hall–Kier alpha value is -0.785. The normalized spacial score (nSPS) is 13.9. The van der Waals surface area contributed by atoms with E-state index in [2.05, 4.69) is 31.6 Å². The van der Waals surface area contributed by atoms with E-state index in [4.69, 9.17) is 11.0 Å². The molecule has 0 radical (unpaired) electrons. The molecule has 0 aliphatic carbocycles. The van der Waals surface area contributed by atoms with Crippen molar-refractivity contribution in [3.63, 3.8) is 0 Å². The van der Waals surface area contributed by atoms with Crippen LogP contribution < -0.4 is 11.1 Å². The van der Waals surface area contributed by atoms with E-state index in [1.54, 1.807) is 0 Å². The Labute approximate surface area is 100 Å². The highest BCUT2D eigenvalue weighted by molar-refractivity contribution is 6.63. The van der Waals surface area contributed by atoms with Gasteiger partial charge in [-0.15, -0.1) is 12.1 Å². The van der Waals surface area contributed by atoms with Crippen molar-refractivity contribution in [2.75, 3.05) is 13.1 Å². The zero-order valence-electron chi connectivity index (χ0n) is 10.8. The van der Waals surface area contributed by atoms with Crippen LogP contribution >= 0.6 is 0 Å². The third-order valence-corrected chi connectivity index (χ3v) is 2.96. The van der Waals surface area contributed by atoms with Gasteiger partial charge in [0, 0.05) is 12.1 Å². The summed E-state index contributed by atoms with van der Waals surface area (Å²) >= 11 is 0. The van der Waals surface area contributed by atoms with Crippen LogP contribution in [0.3, 0.4) is 0 Å². The van der Waals surface area contributed by atoms with Crippen molar-refractivity contribution in [1.29, 1.82) is 5.26 Å². The smallest absolute Gasteiger partial charge is 0.163 e. The van der Waals surface area contributed by atoms with E-state index < -0.39 is 0 Å². The topological polar surface area (TPSA) is 61.8 Å². The molecule has 0 saturated heterocycles. The minimum Gasteiger partial charge on any atom is -0.329 e. The molecule has 16 heavy (non-hydrogen) atoms. The zero-order valence-corrected chi connectivity index (χ0v) is 10.8. The van der Waals surface area contributed by atoms with Crippen LogP contribution in [0.1, 0.15) is 26.2 Å². The fraction of sp³-hybridized carbons (Fsp3) is 0.750. The highest BCUT2D eigenvalue weighted by Crippen LogP contribution is 2.09. The standard InChI is InChI=1S/C12H24BN3/c1-11(13(3)4)6-5-9-16-12(2,10-15)7-8-14/h16H,1,5-7,9-10,15H2,2-4H3. The summed E-state index contributed by atoms with van der Waals surface area (Å²) in [6.07, 6.45) is 2.55. The van der Waals surface area contributed by atoms with E-state index >= 15 is 0 Å². The van der Waals surface area contributed by atoms with Gasteiger partial charge in [0.25, 0.3) is 0 Å². The molecule has 0 aliphatic heterocycles. The lowest BCUT2D eigenvalue weighted by Crippen LogP contribution is -2.48. The third-order valence-electron chi connectivity index (χ3n) is 2.96. The van der Waals surface area contributed by atoms with Gasteiger partial charge in [-0.25, -0.2) is 0 Å². The highest BCUT2D eigenvalue weighted by Gasteiger charge is 2.20. The van der Waals surface area contributed by atoms with Crippen molar-refractivity contribution < 1.29 is 0 Å². The quantitative estimate of drug-likeness (QED) is 0.485. The van der Waals surface area contributed by atoms with Gasteiger partial charge < -0.3 is 11.1 Å². The Morgan fingerprint density at radius 3 is 2.62 bits per heavy atom. The first kappa shape index (κ1) is 15.2. The van der Waals surface area contributed by atoms with E-state index in [0.29, 0.717) is 19.7 Å². The monoisotopic (exact) mass is 221 g/mol. The molecule has 1 atom stereocenters. The summed E-state index contributed by atoms with van der Waals surface area (Å²) < 4.78 is 0. The van der Waals surface area contributed by atoms with Crippen molar-refractivity contribution in [2.45, 2.75) is 45.4 Å². The number of rotatable bonds is 8. The number of nitrogens with two attached hydrogens (primary N) is 1. The molecule has 0 bridgehead atoms. The van der Waals surface area contributed by atoms with Gasteiger partial charge in [-0.1, -0.05) is 13.6 Å². The molecule has 0 fully saturated rings. The molecule has 0 aromatic rings. The summed E-state index contributed by atoms with van der Waals surface area (Å²) in [7, 11) is 0. The molecule has 0 aliphatic rings. The summed E-state index contributed by atoms with van der Waals surface area (Å²) in [5.74, 6) is 0. The lowest BCUT2D eigenvalue weighted by Gasteiger charge is -2.26. The summed E-state index contributed by atoms with van der Waals surface area (Å²) in [6.45, 7) is 12.3. The number of nitrogens with zero attached hydrogens (tertiary/aromatic N) is 1. The average molecular weight is 221 g/mol. The Morgan fingerprint density at radius 2 is 2.19 bits per heavy atom. The van der Waals surface area contributed by atoms with Crippen molar-refractivity contribution in [1.82, 2.24) is 5.32 Å². The highest BCUT2D eigenvalue weighted by atomic mass is 15.0. The Morgan fingerprint density at radius 1 is 1.56 bits per heavy atom. The minimum absolute atomic E-state index is 0.242. The first-order chi connectivity index (χ1) is 7.45. The van der Waals surface area contributed by atoms with Crippen molar-refractivity contribution in [2.24, 2.45) is 5.73 Å². The molecule has 0 aromatic carbocycles. The van der Waals surface area contributed by atoms with Crippen LogP contribution in [0.5, 0.6) is 0 Å². The third kappa shape index (κ3) is 5.94. The fourth-order valence-corrected chi connectivity index (χ4v) is 1.38. The first-order valence-electron chi connectivity index (χ1n) is 5.95. The van der Waals surface area contributed by atoms with Crippen LogP contribution in [-0.2, 0) is 0 Å². The largest absolute Gasteiger partial charge is 0.329 e. The summed E-state index contributed by atoms with van der Waals surface area (Å²) in [6, 6.07) is 2.17. The molecule has 0 spiro atoms. The van der Waals surface area contributed by atoms with Crippen LogP contribution in [0.25, 0.3) is 0 Å². The van der Waals surface area contributed by atoms with E-state index in [1.807, 2.05) is 6.92 Å². The minimum atomic E-state index is -0.242. The van der Waals surface area contributed by atoms with Crippen LogP contribution in [0, 0.1) is 11.3 Å². The maximum absolute atomic E-state index is 8.69. The number of nitriles is 1. The van der Waals surface area contributed by atoms with Crippen molar-refractivity contribution in [3.05, 3.63) is 12.1 Å². The Kier molecular flexibility index (Phi) is 7.11. The molecule has 0 heterocycles. The second kappa shape index (κ2) is 7.48. The second-order valence-electron chi connectivity index (χ2n) is 4.94. The van der Waals surface area contributed by atoms with Gasteiger partial charge in [-0.2, -0.15) is 5.26 Å². The fourth-order valence-electron chi connectivity index (χ4n) is 1.38. The zero-order chi connectivity index (χ0) is 12.6. The van der Waals surface area contributed by atoms with Gasteiger partial charge in [-0.3, -0.25) is 0 Å². The van der Waals surface area contributed by atoms with Crippen LogP contribution in [0.15, 0.2) is 12.1 Å². The van der Waals surface area contributed by atoms with Crippen LogP contribution in [0.4, 0.5) is 0 Å². The van der Waals surface area contributed by atoms with Gasteiger partial charge in [0.1, 0.15) is 0 Å². The van der Waals surface area contributed by atoms with E-state index in [1.165, 1.54) is 5.47 Å². The Balaban J connectivity index is 3.80. The summed E-state index contributed by atoms with van der Waals surface area (Å²) in [5.41, 5.74) is 6.70. The predicted molar refractivity (Wildman–Crippen MR) is 71.5 cm³/mol. The number of hydrogen-bond acceptors (Lipinski definition) is 3. The lowest BCUT2D eigenvalue weighted by molar-refractivity contribution is 0.369. The van der Waals surface area contributed by atoms with Crippen LogP contribution in [0.2, 0.25) is 13.6 Å². The van der Waals surface area contributed by atoms with E-state index in [9.17, 15) is 0 Å². The number of allylic oxidation sites excluding steroid dienone is 1. The molecular formula is C12H24BN3. The first-order valence-corrected chi connectivity index (χ1v) is 5.95. The van der Waals surface area contributed by atoms with E-state index in [-0.39, 0.29) is 5.54 Å². The molecule has 4 heteroatoms. The Bertz CT molecular complexity index is 257. The van der Waals surface area contributed by atoms with Gasteiger partial charge in [0.05, 0.1) is 12.5 Å². The molecule has 3 nitrogen and oxygen atoms in total. The molecule has 90 valence electrons.